The van der Waals surface area contributed by atoms with E-state index >= 15 is 0 Å². The van der Waals surface area contributed by atoms with E-state index < -0.39 is 0 Å². The molecule has 7 nitrogen and oxygen atoms in total. The van der Waals surface area contributed by atoms with Crippen molar-refractivity contribution >= 4 is 11.7 Å². The lowest BCUT2D eigenvalue weighted by Crippen LogP contribution is -2.43. The Hall–Kier alpha value is -2.54. The number of pyridine rings is 1. The summed E-state index contributed by atoms with van der Waals surface area (Å²) in [6, 6.07) is 3.78. The van der Waals surface area contributed by atoms with Gasteiger partial charge in [-0.05, 0) is 17.7 Å². The maximum atomic E-state index is 11.4. The summed E-state index contributed by atoms with van der Waals surface area (Å²) >= 11 is 0. The van der Waals surface area contributed by atoms with Gasteiger partial charge in [0.25, 0.3) is 0 Å². The molecule has 0 saturated carbocycles. The summed E-state index contributed by atoms with van der Waals surface area (Å²) < 4.78 is 1.99. The Labute approximate surface area is 121 Å². The molecule has 21 heavy (non-hydrogen) atoms. The van der Waals surface area contributed by atoms with Crippen molar-refractivity contribution < 1.29 is 4.79 Å². The average Bonchev–Trinajstić information content (AvgIpc) is 3.12. The van der Waals surface area contributed by atoms with E-state index in [4.69, 9.17) is 5.73 Å². The van der Waals surface area contributed by atoms with Gasteiger partial charge in [-0.1, -0.05) is 6.07 Å². The zero-order chi connectivity index (χ0) is 14.4. The lowest BCUT2D eigenvalue weighted by molar-refractivity contribution is 0.200. The largest absolute Gasteiger partial charge is 0.351 e. The zero-order valence-electron chi connectivity index (χ0n) is 11.4. The highest BCUT2D eigenvalue weighted by Crippen LogP contribution is 2.33. The number of nitrogens with zero attached hydrogens (tertiary/aromatic N) is 3. The molecule has 2 aliphatic heterocycles. The Morgan fingerprint density at radius 3 is 3.19 bits per heavy atom. The van der Waals surface area contributed by atoms with E-state index in [1.807, 2.05) is 22.7 Å². The van der Waals surface area contributed by atoms with Crippen LogP contribution in [0.5, 0.6) is 0 Å². The van der Waals surface area contributed by atoms with Gasteiger partial charge in [-0.3, -0.25) is 0 Å². The summed E-state index contributed by atoms with van der Waals surface area (Å²) in [5, 5.41) is 0. The van der Waals surface area contributed by atoms with E-state index in [1.165, 1.54) is 0 Å². The van der Waals surface area contributed by atoms with Gasteiger partial charge in [0.15, 0.2) is 0 Å². The Bertz CT molecular complexity index is 736. The molecule has 4 heterocycles. The third kappa shape index (κ3) is 1.93. The second kappa shape index (κ2) is 4.49. The normalized spacial score (nSPS) is 24.6. The van der Waals surface area contributed by atoms with E-state index in [2.05, 4.69) is 28.1 Å². The third-order valence-corrected chi connectivity index (χ3v) is 4.20. The first-order valence-electron chi connectivity index (χ1n) is 6.91. The predicted molar refractivity (Wildman–Crippen MR) is 76.9 cm³/mol. The van der Waals surface area contributed by atoms with Crippen molar-refractivity contribution in [2.75, 3.05) is 13.1 Å². The predicted octanol–water partition coefficient (Wildman–Crippen LogP) is 0.378. The highest BCUT2D eigenvalue weighted by atomic mass is 16.2. The Morgan fingerprint density at radius 2 is 2.33 bits per heavy atom. The number of aromatic nitrogens is 2. The molecule has 2 aromatic rings. The van der Waals surface area contributed by atoms with E-state index in [-0.39, 0.29) is 18.0 Å². The standard InChI is InChI=1S/C14H16N6O/c15-14(21)20-5-3-11-10(8-20)13(18-17-11)9-1-2-12-16-4-6-19(12)7-9/h1-4,6-7,10,13,17-18H,5,8H2,(H2,15,21). The van der Waals surface area contributed by atoms with Crippen LogP contribution in [0.1, 0.15) is 11.6 Å². The van der Waals surface area contributed by atoms with Gasteiger partial charge >= 0.3 is 6.03 Å². The molecule has 2 aliphatic rings. The van der Waals surface area contributed by atoms with E-state index in [0.717, 1.165) is 16.9 Å². The molecule has 0 radical (unpaired) electrons. The summed E-state index contributed by atoms with van der Waals surface area (Å²) in [6.45, 7) is 1.18. The van der Waals surface area contributed by atoms with Crippen LogP contribution in [0, 0.1) is 5.92 Å². The molecular weight excluding hydrogens is 268 g/mol. The fourth-order valence-corrected chi connectivity index (χ4v) is 3.08. The second-order valence-corrected chi connectivity index (χ2v) is 5.41. The molecule has 7 heteroatoms. The first kappa shape index (κ1) is 12.2. The highest BCUT2D eigenvalue weighted by Gasteiger charge is 2.36. The fraction of sp³-hybridized carbons (Fsp3) is 0.286. The third-order valence-electron chi connectivity index (χ3n) is 4.20. The number of rotatable bonds is 1. The van der Waals surface area contributed by atoms with Crippen molar-refractivity contribution in [2.24, 2.45) is 11.7 Å². The Morgan fingerprint density at radius 1 is 1.43 bits per heavy atom. The lowest BCUT2D eigenvalue weighted by atomic mass is 9.91. The van der Waals surface area contributed by atoms with Crippen LogP contribution in [0.25, 0.3) is 5.65 Å². The maximum Gasteiger partial charge on any atom is 0.315 e. The van der Waals surface area contributed by atoms with E-state index in [1.54, 1.807) is 11.1 Å². The zero-order valence-corrected chi connectivity index (χ0v) is 11.4. The molecule has 4 rings (SSSR count). The van der Waals surface area contributed by atoms with Crippen molar-refractivity contribution in [1.82, 2.24) is 25.1 Å². The Balaban J connectivity index is 1.67. The smallest absolute Gasteiger partial charge is 0.315 e. The quantitative estimate of drug-likeness (QED) is 0.706. The van der Waals surface area contributed by atoms with Crippen LogP contribution in [0.15, 0.2) is 42.5 Å². The average molecular weight is 284 g/mol. The SMILES string of the molecule is NC(=O)N1CC=C2NNC(c3ccc4nccn4c3)C2C1. The van der Waals surface area contributed by atoms with Crippen molar-refractivity contribution in [2.45, 2.75) is 6.04 Å². The summed E-state index contributed by atoms with van der Waals surface area (Å²) in [5.41, 5.74) is 15.1. The molecule has 2 amide bonds. The summed E-state index contributed by atoms with van der Waals surface area (Å²) in [4.78, 5) is 17.3. The summed E-state index contributed by atoms with van der Waals surface area (Å²) in [5.74, 6) is 0.187. The number of amides is 2. The second-order valence-electron chi connectivity index (χ2n) is 5.41. The number of imidazole rings is 1. The van der Waals surface area contributed by atoms with Crippen LogP contribution >= 0.6 is 0 Å². The van der Waals surface area contributed by atoms with Gasteiger partial charge in [0.2, 0.25) is 0 Å². The number of primary amides is 1. The van der Waals surface area contributed by atoms with Gasteiger partial charge in [-0.2, -0.15) is 0 Å². The summed E-state index contributed by atoms with van der Waals surface area (Å²) in [6.07, 6.45) is 7.78. The van der Waals surface area contributed by atoms with Crippen molar-refractivity contribution in [3.63, 3.8) is 0 Å². The minimum Gasteiger partial charge on any atom is -0.351 e. The van der Waals surface area contributed by atoms with Crippen LogP contribution in [0.3, 0.4) is 0 Å². The number of hydrogen-bond donors (Lipinski definition) is 3. The minimum atomic E-state index is -0.374. The van der Waals surface area contributed by atoms with Gasteiger partial charge in [0.1, 0.15) is 5.65 Å². The number of carbonyl (C=O) groups is 1. The first-order chi connectivity index (χ1) is 10.2. The Kier molecular flexibility index (Phi) is 2.61. The number of nitrogens with two attached hydrogens (primary N) is 1. The lowest BCUT2D eigenvalue weighted by Gasteiger charge is -2.29. The molecule has 2 unspecified atom stereocenters. The van der Waals surface area contributed by atoms with Gasteiger partial charge in [0, 0.05) is 43.3 Å². The molecule has 0 aromatic carbocycles. The molecule has 2 aromatic heterocycles. The molecule has 1 saturated heterocycles. The maximum absolute atomic E-state index is 11.4. The number of nitrogens with one attached hydrogen (secondary N) is 2. The molecule has 1 fully saturated rings. The van der Waals surface area contributed by atoms with Crippen LogP contribution < -0.4 is 16.6 Å². The van der Waals surface area contributed by atoms with Gasteiger partial charge in [-0.25, -0.2) is 15.2 Å². The van der Waals surface area contributed by atoms with Gasteiger partial charge in [0.05, 0.1) is 6.04 Å². The molecule has 0 aliphatic carbocycles. The fourth-order valence-electron chi connectivity index (χ4n) is 3.08. The topological polar surface area (TPSA) is 87.7 Å². The molecule has 2 atom stereocenters. The van der Waals surface area contributed by atoms with Gasteiger partial charge in [-0.15, -0.1) is 0 Å². The number of carbonyl (C=O) groups excluding carboxylic acids is 1. The molecular formula is C14H16N6O. The molecule has 0 spiro atoms. The highest BCUT2D eigenvalue weighted by molar-refractivity contribution is 5.72. The van der Waals surface area contributed by atoms with Crippen molar-refractivity contribution in [3.8, 4) is 0 Å². The molecule has 0 bridgehead atoms. The van der Waals surface area contributed by atoms with Crippen LogP contribution in [-0.4, -0.2) is 33.4 Å². The van der Waals surface area contributed by atoms with Crippen molar-refractivity contribution in [1.29, 1.82) is 0 Å². The van der Waals surface area contributed by atoms with Gasteiger partial charge < -0.3 is 20.5 Å². The number of fused-ring (bicyclic) bond motifs is 2. The van der Waals surface area contributed by atoms with Crippen LogP contribution in [0.4, 0.5) is 4.79 Å². The number of hydrogen-bond acceptors (Lipinski definition) is 4. The number of hydrazine groups is 1. The molecule has 108 valence electrons. The number of urea groups is 1. The van der Waals surface area contributed by atoms with Crippen LogP contribution in [0.2, 0.25) is 0 Å². The van der Waals surface area contributed by atoms with E-state index in [9.17, 15) is 4.79 Å². The minimum absolute atomic E-state index is 0.102. The summed E-state index contributed by atoms with van der Waals surface area (Å²) in [7, 11) is 0. The first-order valence-corrected chi connectivity index (χ1v) is 6.91. The molecule has 4 N–H and O–H groups in total. The van der Waals surface area contributed by atoms with E-state index in [0.29, 0.717) is 13.1 Å². The van der Waals surface area contributed by atoms with Crippen molar-refractivity contribution in [3.05, 3.63) is 48.1 Å². The van der Waals surface area contributed by atoms with Crippen LogP contribution in [-0.2, 0) is 0 Å². The monoisotopic (exact) mass is 284 g/mol.